The van der Waals surface area contributed by atoms with Crippen molar-refractivity contribution in [2.45, 2.75) is 53.4 Å². The summed E-state index contributed by atoms with van der Waals surface area (Å²) in [7, 11) is 0. The minimum Gasteiger partial charge on any atom is -0.258 e. The molecule has 0 atom stereocenters. The summed E-state index contributed by atoms with van der Waals surface area (Å²) >= 11 is 0. The van der Waals surface area contributed by atoms with E-state index in [1.54, 1.807) is 0 Å². The van der Waals surface area contributed by atoms with Crippen LogP contribution in [0.1, 0.15) is 64.8 Å². The summed E-state index contributed by atoms with van der Waals surface area (Å²) in [6.45, 7) is 12.5. The first-order chi connectivity index (χ1) is 6.61. The highest BCUT2D eigenvalue weighted by atomic mass is 14.8. The van der Waals surface area contributed by atoms with Crippen LogP contribution in [0.5, 0.6) is 0 Å². The SMILES string of the molecule is CC.CC(C)c1cnc(C(C)C)cn1. The van der Waals surface area contributed by atoms with Gasteiger partial charge in [0.1, 0.15) is 0 Å². The third-order valence-electron chi connectivity index (χ3n) is 1.87. The van der Waals surface area contributed by atoms with E-state index in [2.05, 4.69) is 37.7 Å². The summed E-state index contributed by atoms with van der Waals surface area (Å²) in [5, 5.41) is 0. The van der Waals surface area contributed by atoms with E-state index in [9.17, 15) is 0 Å². The third-order valence-corrected chi connectivity index (χ3v) is 1.87. The molecule has 1 rings (SSSR count). The molecule has 1 aromatic rings. The Balaban J connectivity index is 0.000000791. The van der Waals surface area contributed by atoms with E-state index in [1.165, 1.54) is 0 Å². The Kier molecular flexibility index (Phi) is 6.09. The topological polar surface area (TPSA) is 25.8 Å². The van der Waals surface area contributed by atoms with Gasteiger partial charge in [0.25, 0.3) is 0 Å². The maximum absolute atomic E-state index is 4.34. The van der Waals surface area contributed by atoms with Gasteiger partial charge in [0, 0.05) is 12.4 Å². The third kappa shape index (κ3) is 3.86. The molecule has 0 fully saturated rings. The van der Waals surface area contributed by atoms with E-state index in [0.717, 1.165) is 11.4 Å². The van der Waals surface area contributed by atoms with E-state index < -0.39 is 0 Å². The fraction of sp³-hybridized carbons (Fsp3) is 0.667. The predicted octanol–water partition coefficient (Wildman–Crippen LogP) is 3.75. The van der Waals surface area contributed by atoms with Gasteiger partial charge in [-0.05, 0) is 11.8 Å². The second-order valence-electron chi connectivity index (χ2n) is 3.68. The lowest BCUT2D eigenvalue weighted by Gasteiger charge is -2.06. The molecule has 0 unspecified atom stereocenters. The highest BCUT2D eigenvalue weighted by molar-refractivity contribution is 5.07. The number of hydrogen-bond donors (Lipinski definition) is 0. The molecule has 0 saturated carbocycles. The second kappa shape index (κ2) is 6.52. The molecule has 2 nitrogen and oxygen atoms in total. The molecule has 0 aliphatic carbocycles. The standard InChI is InChI=1S/C10H16N2.C2H6/c1-7(2)9-5-12-10(6-11-9)8(3)4;1-2/h5-8H,1-4H3;1-2H3. The Morgan fingerprint density at radius 2 is 1.07 bits per heavy atom. The fourth-order valence-electron chi connectivity index (χ4n) is 0.944. The van der Waals surface area contributed by atoms with Gasteiger partial charge in [-0.25, -0.2) is 0 Å². The van der Waals surface area contributed by atoms with Crippen LogP contribution in [0.4, 0.5) is 0 Å². The molecule has 0 saturated heterocycles. The Morgan fingerprint density at radius 3 is 1.21 bits per heavy atom. The van der Waals surface area contributed by atoms with E-state index in [0.29, 0.717) is 11.8 Å². The van der Waals surface area contributed by atoms with Crippen LogP contribution in [0.3, 0.4) is 0 Å². The van der Waals surface area contributed by atoms with Gasteiger partial charge in [-0.15, -0.1) is 0 Å². The Bertz CT molecular complexity index is 210. The van der Waals surface area contributed by atoms with Crippen molar-refractivity contribution >= 4 is 0 Å². The fourth-order valence-corrected chi connectivity index (χ4v) is 0.944. The summed E-state index contributed by atoms with van der Waals surface area (Å²) < 4.78 is 0. The smallest absolute Gasteiger partial charge is 0.0612 e. The number of rotatable bonds is 2. The summed E-state index contributed by atoms with van der Waals surface area (Å²) in [6, 6.07) is 0. The monoisotopic (exact) mass is 194 g/mol. The van der Waals surface area contributed by atoms with Gasteiger partial charge < -0.3 is 0 Å². The van der Waals surface area contributed by atoms with Crippen molar-refractivity contribution in [2.24, 2.45) is 0 Å². The van der Waals surface area contributed by atoms with Crippen molar-refractivity contribution in [1.29, 1.82) is 0 Å². The molecule has 1 aromatic heterocycles. The predicted molar refractivity (Wildman–Crippen MR) is 61.6 cm³/mol. The Hall–Kier alpha value is -0.920. The van der Waals surface area contributed by atoms with Gasteiger partial charge in [-0.2, -0.15) is 0 Å². The normalized spacial score (nSPS) is 10.0. The minimum atomic E-state index is 0.471. The molecule has 0 aliphatic rings. The number of aromatic nitrogens is 2. The van der Waals surface area contributed by atoms with Crippen molar-refractivity contribution < 1.29 is 0 Å². The first kappa shape index (κ1) is 13.1. The van der Waals surface area contributed by atoms with Gasteiger partial charge in [-0.1, -0.05) is 41.5 Å². The van der Waals surface area contributed by atoms with Crippen LogP contribution in [-0.4, -0.2) is 9.97 Å². The molecule has 0 amide bonds. The highest BCUT2D eigenvalue weighted by Crippen LogP contribution is 2.13. The lowest BCUT2D eigenvalue weighted by atomic mass is 10.1. The molecule has 0 bridgehead atoms. The van der Waals surface area contributed by atoms with E-state index in [4.69, 9.17) is 0 Å². The van der Waals surface area contributed by atoms with Gasteiger partial charge >= 0.3 is 0 Å². The quantitative estimate of drug-likeness (QED) is 0.716. The molecule has 0 N–H and O–H groups in total. The second-order valence-corrected chi connectivity index (χ2v) is 3.68. The van der Waals surface area contributed by atoms with Crippen LogP contribution >= 0.6 is 0 Å². The maximum Gasteiger partial charge on any atom is 0.0612 e. The zero-order chi connectivity index (χ0) is 11.1. The molecular formula is C12H22N2. The minimum absolute atomic E-state index is 0.471. The molecular weight excluding hydrogens is 172 g/mol. The number of hydrogen-bond acceptors (Lipinski definition) is 2. The van der Waals surface area contributed by atoms with Crippen molar-refractivity contribution in [3.63, 3.8) is 0 Å². The Morgan fingerprint density at radius 1 is 0.786 bits per heavy atom. The molecule has 1 heterocycles. The highest BCUT2D eigenvalue weighted by Gasteiger charge is 2.03. The molecule has 0 aliphatic heterocycles. The van der Waals surface area contributed by atoms with E-state index in [1.807, 2.05) is 26.2 Å². The van der Waals surface area contributed by atoms with Crippen LogP contribution in [0.2, 0.25) is 0 Å². The lowest BCUT2D eigenvalue weighted by molar-refractivity contribution is 0.767. The van der Waals surface area contributed by atoms with Crippen LogP contribution in [-0.2, 0) is 0 Å². The largest absolute Gasteiger partial charge is 0.258 e. The molecule has 80 valence electrons. The van der Waals surface area contributed by atoms with Crippen LogP contribution in [0.25, 0.3) is 0 Å². The van der Waals surface area contributed by atoms with Gasteiger partial charge in [0.2, 0.25) is 0 Å². The van der Waals surface area contributed by atoms with Crippen molar-refractivity contribution in [1.82, 2.24) is 9.97 Å². The van der Waals surface area contributed by atoms with Crippen LogP contribution < -0.4 is 0 Å². The number of nitrogens with zero attached hydrogens (tertiary/aromatic N) is 2. The first-order valence-electron chi connectivity index (χ1n) is 5.43. The van der Waals surface area contributed by atoms with E-state index in [-0.39, 0.29) is 0 Å². The van der Waals surface area contributed by atoms with Gasteiger partial charge in [0.05, 0.1) is 11.4 Å². The molecule has 2 heteroatoms. The molecule has 14 heavy (non-hydrogen) atoms. The Labute approximate surface area is 87.8 Å². The maximum atomic E-state index is 4.34. The summed E-state index contributed by atoms with van der Waals surface area (Å²) in [4.78, 5) is 8.67. The summed E-state index contributed by atoms with van der Waals surface area (Å²) in [5.74, 6) is 0.942. The average molecular weight is 194 g/mol. The van der Waals surface area contributed by atoms with Gasteiger partial charge in [-0.3, -0.25) is 9.97 Å². The van der Waals surface area contributed by atoms with E-state index >= 15 is 0 Å². The van der Waals surface area contributed by atoms with Crippen LogP contribution in [0, 0.1) is 0 Å². The van der Waals surface area contributed by atoms with Crippen molar-refractivity contribution in [3.05, 3.63) is 23.8 Å². The first-order valence-corrected chi connectivity index (χ1v) is 5.43. The summed E-state index contributed by atoms with van der Waals surface area (Å²) in [6.07, 6.45) is 3.75. The van der Waals surface area contributed by atoms with Gasteiger partial charge in [0.15, 0.2) is 0 Å². The van der Waals surface area contributed by atoms with Crippen LogP contribution in [0.15, 0.2) is 12.4 Å². The zero-order valence-electron chi connectivity index (χ0n) is 10.2. The molecule has 0 aromatic carbocycles. The van der Waals surface area contributed by atoms with Crippen molar-refractivity contribution in [3.8, 4) is 0 Å². The summed E-state index contributed by atoms with van der Waals surface area (Å²) in [5.41, 5.74) is 2.14. The lowest BCUT2D eigenvalue weighted by Crippen LogP contribution is -1.98. The average Bonchev–Trinajstić information content (AvgIpc) is 2.21. The molecule has 0 spiro atoms. The zero-order valence-corrected chi connectivity index (χ0v) is 10.2. The molecule has 0 radical (unpaired) electrons. The van der Waals surface area contributed by atoms with Crippen molar-refractivity contribution in [2.75, 3.05) is 0 Å².